The third-order valence-electron chi connectivity index (χ3n) is 5.43. The van der Waals surface area contributed by atoms with Gasteiger partial charge in [0.1, 0.15) is 0 Å². The summed E-state index contributed by atoms with van der Waals surface area (Å²) >= 11 is 7.57. The summed E-state index contributed by atoms with van der Waals surface area (Å²) in [6.45, 7) is 3.57. The van der Waals surface area contributed by atoms with E-state index in [0.29, 0.717) is 17.3 Å². The standard InChI is InChI=1S/C21H24ClN3OS/c22-17-6-7-18-20(12-17)27-21(23)25(18)13-15-8-10-24(11-9-15)14-19(26)16-4-2-1-3-5-16/h1-7,12,15,19,23,26H,8-11,13-14H2/t19-/m1/s1. The number of nitrogens with zero attached hydrogens (tertiary/aromatic N) is 2. The molecule has 2 heterocycles. The zero-order valence-electron chi connectivity index (χ0n) is 15.1. The van der Waals surface area contributed by atoms with Crippen molar-refractivity contribution in [2.24, 2.45) is 5.92 Å². The van der Waals surface area contributed by atoms with Crippen LogP contribution in [0.1, 0.15) is 24.5 Å². The Labute approximate surface area is 168 Å². The molecule has 0 amide bonds. The van der Waals surface area contributed by atoms with Gasteiger partial charge in [0.25, 0.3) is 0 Å². The molecule has 0 spiro atoms. The molecule has 0 saturated carbocycles. The van der Waals surface area contributed by atoms with E-state index in [9.17, 15) is 5.11 Å². The molecule has 1 fully saturated rings. The number of piperidine rings is 1. The van der Waals surface area contributed by atoms with E-state index >= 15 is 0 Å². The smallest absolute Gasteiger partial charge is 0.182 e. The fourth-order valence-corrected chi connectivity index (χ4v) is 5.07. The van der Waals surface area contributed by atoms with Crippen molar-refractivity contribution in [3.05, 3.63) is 63.9 Å². The van der Waals surface area contributed by atoms with Crippen LogP contribution in [0.4, 0.5) is 0 Å². The summed E-state index contributed by atoms with van der Waals surface area (Å²) in [5.74, 6) is 0.567. The summed E-state index contributed by atoms with van der Waals surface area (Å²) in [7, 11) is 0. The van der Waals surface area contributed by atoms with Crippen LogP contribution in [0.5, 0.6) is 0 Å². The molecule has 2 N–H and O–H groups in total. The van der Waals surface area contributed by atoms with Crippen molar-refractivity contribution in [2.75, 3.05) is 19.6 Å². The molecule has 1 aliphatic heterocycles. The lowest BCUT2D eigenvalue weighted by Gasteiger charge is -2.33. The molecule has 3 aromatic rings. The highest BCUT2D eigenvalue weighted by Crippen LogP contribution is 2.26. The van der Waals surface area contributed by atoms with Crippen LogP contribution >= 0.6 is 22.9 Å². The number of thiazole rings is 1. The Morgan fingerprint density at radius 2 is 1.89 bits per heavy atom. The van der Waals surface area contributed by atoms with Crippen molar-refractivity contribution in [3.8, 4) is 0 Å². The average Bonchev–Trinajstić information content (AvgIpc) is 2.98. The second-order valence-electron chi connectivity index (χ2n) is 7.30. The fraction of sp³-hybridized carbons (Fsp3) is 0.381. The molecule has 1 aromatic heterocycles. The van der Waals surface area contributed by atoms with E-state index in [1.807, 2.05) is 48.5 Å². The van der Waals surface area contributed by atoms with Crippen molar-refractivity contribution in [1.29, 1.82) is 5.41 Å². The van der Waals surface area contributed by atoms with Gasteiger partial charge in [0.15, 0.2) is 4.80 Å². The number of likely N-dealkylation sites (tertiary alicyclic amines) is 1. The van der Waals surface area contributed by atoms with Gasteiger partial charge in [0.2, 0.25) is 0 Å². The highest BCUT2D eigenvalue weighted by atomic mass is 35.5. The molecule has 2 aromatic carbocycles. The quantitative estimate of drug-likeness (QED) is 0.670. The van der Waals surface area contributed by atoms with Gasteiger partial charge >= 0.3 is 0 Å². The normalized spacial score (nSPS) is 17.4. The topological polar surface area (TPSA) is 52.2 Å². The van der Waals surface area contributed by atoms with Crippen molar-refractivity contribution in [3.63, 3.8) is 0 Å². The largest absolute Gasteiger partial charge is 0.387 e. The first kappa shape index (κ1) is 18.7. The van der Waals surface area contributed by atoms with Crippen LogP contribution in [0.2, 0.25) is 5.02 Å². The predicted molar refractivity (Wildman–Crippen MR) is 111 cm³/mol. The van der Waals surface area contributed by atoms with E-state index in [0.717, 1.165) is 53.3 Å². The summed E-state index contributed by atoms with van der Waals surface area (Å²) in [6, 6.07) is 15.8. The zero-order valence-corrected chi connectivity index (χ0v) is 16.7. The molecule has 0 bridgehead atoms. The lowest BCUT2D eigenvalue weighted by molar-refractivity contribution is 0.0867. The fourth-order valence-electron chi connectivity index (χ4n) is 3.88. The number of fused-ring (bicyclic) bond motifs is 1. The van der Waals surface area contributed by atoms with E-state index in [1.165, 1.54) is 11.3 Å². The lowest BCUT2D eigenvalue weighted by Crippen LogP contribution is -2.38. The minimum Gasteiger partial charge on any atom is -0.387 e. The Bertz CT molecular complexity index is 960. The first-order valence-electron chi connectivity index (χ1n) is 9.39. The molecule has 1 aliphatic rings. The number of aliphatic hydroxyl groups is 1. The Kier molecular flexibility index (Phi) is 5.64. The van der Waals surface area contributed by atoms with Crippen LogP contribution in [0.3, 0.4) is 0 Å². The Balaban J connectivity index is 1.36. The van der Waals surface area contributed by atoms with Gasteiger partial charge < -0.3 is 14.6 Å². The second-order valence-corrected chi connectivity index (χ2v) is 8.77. The number of β-amino-alcohol motifs (C(OH)–C–C–N with tert-alkyl or cyclic N) is 1. The summed E-state index contributed by atoms with van der Waals surface area (Å²) in [5, 5.41) is 19.5. The average molecular weight is 402 g/mol. The summed E-state index contributed by atoms with van der Waals surface area (Å²) < 4.78 is 3.20. The van der Waals surface area contributed by atoms with Gasteiger partial charge in [-0.3, -0.25) is 5.41 Å². The number of aromatic nitrogens is 1. The number of hydrogen-bond donors (Lipinski definition) is 2. The molecule has 0 unspecified atom stereocenters. The Morgan fingerprint density at radius 3 is 2.63 bits per heavy atom. The number of benzene rings is 2. The molecule has 142 valence electrons. The molecule has 1 atom stereocenters. The van der Waals surface area contributed by atoms with Crippen LogP contribution in [0.15, 0.2) is 48.5 Å². The molecule has 1 saturated heterocycles. The molecule has 6 heteroatoms. The third-order valence-corrected chi connectivity index (χ3v) is 6.62. The molecule has 4 nitrogen and oxygen atoms in total. The van der Waals surface area contributed by atoms with Gasteiger partial charge in [-0.05, 0) is 55.6 Å². The van der Waals surface area contributed by atoms with E-state index in [2.05, 4.69) is 9.47 Å². The maximum Gasteiger partial charge on any atom is 0.182 e. The SMILES string of the molecule is N=c1sc2cc(Cl)ccc2n1CC1CCN(C[C@@H](O)c2ccccc2)CC1. The monoisotopic (exact) mass is 401 g/mol. The minimum atomic E-state index is -0.428. The Hall–Kier alpha value is -1.66. The third kappa shape index (κ3) is 4.27. The van der Waals surface area contributed by atoms with Gasteiger partial charge in [-0.1, -0.05) is 53.3 Å². The van der Waals surface area contributed by atoms with Gasteiger partial charge in [-0.2, -0.15) is 0 Å². The van der Waals surface area contributed by atoms with Crippen molar-refractivity contribution in [2.45, 2.75) is 25.5 Å². The molecule has 4 rings (SSSR count). The summed E-state index contributed by atoms with van der Waals surface area (Å²) in [6.07, 6.45) is 1.76. The van der Waals surface area contributed by atoms with Crippen LogP contribution < -0.4 is 4.80 Å². The zero-order chi connectivity index (χ0) is 18.8. The first-order chi connectivity index (χ1) is 13.1. The minimum absolute atomic E-state index is 0.428. The number of nitrogens with one attached hydrogen (secondary N) is 1. The number of aliphatic hydroxyl groups excluding tert-OH is 1. The summed E-state index contributed by atoms with van der Waals surface area (Å²) in [5.41, 5.74) is 2.09. The van der Waals surface area contributed by atoms with E-state index < -0.39 is 6.10 Å². The van der Waals surface area contributed by atoms with Crippen LogP contribution in [-0.2, 0) is 6.54 Å². The molecule has 27 heavy (non-hydrogen) atoms. The lowest BCUT2D eigenvalue weighted by atomic mass is 9.96. The van der Waals surface area contributed by atoms with Crippen LogP contribution in [0.25, 0.3) is 10.2 Å². The second kappa shape index (κ2) is 8.15. The van der Waals surface area contributed by atoms with Crippen molar-refractivity contribution >= 4 is 33.2 Å². The Morgan fingerprint density at radius 1 is 1.15 bits per heavy atom. The highest BCUT2D eigenvalue weighted by molar-refractivity contribution is 7.16. The van der Waals surface area contributed by atoms with Crippen LogP contribution in [-0.4, -0.2) is 34.2 Å². The number of rotatable bonds is 5. The summed E-state index contributed by atoms with van der Waals surface area (Å²) in [4.78, 5) is 2.94. The van der Waals surface area contributed by atoms with E-state index in [1.54, 1.807) is 0 Å². The molecule has 0 aliphatic carbocycles. The maximum absolute atomic E-state index is 10.4. The van der Waals surface area contributed by atoms with Gasteiger partial charge in [-0.15, -0.1) is 0 Å². The molecular formula is C21H24ClN3OS. The van der Waals surface area contributed by atoms with Gasteiger partial charge in [0.05, 0.1) is 16.3 Å². The first-order valence-corrected chi connectivity index (χ1v) is 10.6. The molecule has 0 radical (unpaired) electrons. The van der Waals surface area contributed by atoms with Gasteiger partial charge in [-0.25, -0.2) is 0 Å². The number of hydrogen-bond acceptors (Lipinski definition) is 4. The van der Waals surface area contributed by atoms with Gasteiger partial charge in [0, 0.05) is 18.1 Å². The van der Waals surface area contributed by atoms with E-state index in [-0.39, 0.29) is 0 Å². The van der Waals surface area contributed by atoms with Crippen molar-refractivity contribution in [1.82, 2.24) is 9.47 Å². The highest BCUT2D eigenvalue weighted by Gasteiger charge is 2.22. The molecular weight excluding hydrogens is 378 g/mol. The van der Waals surface area contributed by atoms with Crippen LogP contribution in [0, 0.1) is 11.3 Å². The van der Waals surface area contributed by atoms with Crippen molar-refractivity contribution < 1.29 is 5.11 Å². The maximum atomic E-state index is 10.4. The van der Waals surface area contributed by atoms with E-state index in [4.69, 9.17) is 17.0 Å². The predicted octanol–water partition coefficient (Wildman–Crippen LogP) is 4.28. The number of halogens is 1.